The second kappa shape index (κ2) is 6.64. The van der Waals surface area contributed by atoms with Crippen LogP contribution in [0.5, 0.6) is 0 Å². The maximum absolute atomic E-state index is 12.9. The van der Waals surface area contributed by atoms with E-state index in [1.54, 1.807) is 12.1 Å². The van der Waals surface area contributed by atoms with Crippen LogP contribution in [0, 0.1) is 5.92 Å². The maximum Gasteiger partial charge on any atom is 0.330 e. The molecule has 26 heavy (non-hydrogen) atoms. The summed E-state index contributed by atoms with van der Waals surface area (Å²) in [7, 11) is -2.36. The van der Waals surface area contributed by atoms with Gasteiger partial charge in [0, 0.05) is 6.54 Å². The minimum Gasteiger partial charge on any atom is -0.459 e. The number of benzene rings is 1. The second-order valence-electron chi connectivity index (χ2n) is 6.94. The molecule has 1 N–H and O–H groups in total. The number of rotatable bonds is 6. The highest BCUT2D eigenvalue weighted by atomic mass is 32.2. The number of β-lactam (4-membered cyclic amide) rings is 1. The molecule has 0 radical (unpaired) electrons. The fourth-order valence-corrected chi connectivity index (χ4v) is 5.87. The van der Waals surface area contributed by atoms with Crippen LogP contribution in [-0.2, 0) is 35.6 Å². The number of amides is 1. The molecule has 8 nitrogen and oxygen atoms in total. The van der Waals surface area contributed by atoms with Gasteiger partial charge in [0.1, 0.15) is 18.0 Å². The summed E-state index contributed by atoms with van der Waals surface area (Å²) >= 11 is 0. The predicted molar refractivity (Wildman–Crippen MR) is 92.2 cm³/mol. The molecule has 3 rings (SSSR count). The van der Waals surface area contributed by atoms with Gasteiger partial charge in [0.15, 0.2) is 9.84 Å². The van der Waals surface area contributed by atoms with Crippen molar-refractivity contribution >= 4 is 21.7 Å². The third kappa shape index (κ3) is 2.70. The second-order valence-corrected chi connectivity index (χ2v) is 9.56. The van der Waals surface area contributed by atoms with Crippen LogP contribution in [0.15, 0.2) is 30.3 Å². The Morgan fingerprint density at radius 2 is 1.92 bits per heavy atom. The first-order valence-corrected chi connectivity index (χ1v) is 9.80. The summed E-state index contributed by atoms with van der Waals surface area (Å²) in [5, 5.41) is -1.04. The van der Waals surface area contributed by atoms with Gasteiger partial charge in [-0.05, 0) is 19.4 Å². The Bertz CT molecular complexity index is 808. The predicted octanol–water partition coefficient (Wildman–Crippen LogP) is 0.241. The molecule has 2 aliphatic rings. The van der Waals surface area contributed by atoms with Gasteiger partial charge in [-0.1, -0.05) is 30.3 Å². The average molecular weight is 382 g/mol. The molecule has 3 atom stereocenters. The van der Waals surface area contributed by atoms with Gasteiger partial charge >= 0.3 is 5.97 Å². The van der Waals surface area contributed by atoms with E-state index in [4.69, 9.17) is 9.57 Å². The van der Waals surface area contributed by atoms with Crippen LogP contribution in [0.25, 0.3) is 0 Å². The summed E-state index contributed by atoms with van der Waals surface area (Å²) in [4.78, 5) is 31.0. The van der Waals surface area contributed by atoms with Gasteiger partial charge in [-0.15, -0.1) is 0 Å². The van der Waals surface area contributed by atoms with Crippen molar-refractivity contribution in [1.29, 1.82) is 0 Å². The quantitative estimate of drug-likeness (QED) is 0.427. The van der Waals surface area contributed by atoms with Crippen molar-refractivity contribution in [3.8, 4) is 0 Å². The van der Waals surface area contributed by atoms with Crippen LogP contribution in [0.2, 0.25) is 0 Å². The van der Waals surface area contributed by atoms with E-state index in [1.165, 1.54) is 21.0 Å². The van der Waals surface area contributed by atoms with Crippen molar-refractivity contribution < 1.29 is 27.6 Å². The van der Waals surface area contributed by atoms with Crippen molar-refractivity contribution in [2.24, 2.45) is 5.92 Å². The molecule has 0 unspecified atom stereocenters. The third-order valence-electron chi connectivity index (χ3n) is 5.07. The van der Waals surface area contributed by atoms with Gasteiger partial charge in [0.05, 0.1) is 17.8 Å². The van der Waals surface area contributed by atoms with Gasteiger partial charge in [0.25, 0.3) is 0 Å². The molecule has 2 heterocycles. The fraction of sp³-hybridized carbons (Fsp3) is 0.529. The molecule has 1 aromatic rings. The van der Waals surface area contributed by atoms with Gasteiger partial charge in [-0.25, -0.2) is 18.7 Å². The molecule has 0 aromatic heterocycles. The molecule has 9 heteroatoms. The number of sulfone groups is 1. The van der Waals surface area contributed by atoms with E-state index < -0.39 is 43.8 Å². The molecule has 0 spiro atoms. The van der Waals surface area contributed by atoms with E-state index in [0.717, 1.165) is 10.5 Å². The van der Waals surface area contributed by atoms with Crippen LogP contribution in [0.3, 0.4) is 0 Å². The lowest BCUT2D eigenvalue weighted by atomic mass is 9.92. The molecule has 1 amide bonds. The van der Waals surface area contributed by atoms with E-state index in [-0.39, 0.29) is 13.2 Å². The number of hydroxylamine groups is 1. The molecular weight excluding hydrogens is 360 g/mol. The van der Waals surface area contributed by atoms with Crippen LogP contribution >= 0.6 is 0 Å². The zero-order valence-corrected chi connectivity index (χ0v) is 15.7. The van der Waals surface area contributed by atoms with E-state index in [1.807, 2.05) is 18.2 Å². The Morgan fingerprint density at radius 3 is 2.54 bits per heavy atom. The lowest BCUT2D eigenvalue weighted by Gasteiger charge is -2.42. The molecule has 0 saturated carbocycles. The summed E-state index contributed by atoms with van der Waals surface area (Å²) in [5.74, 6) is -1.88. The summed E-state index contributed by atoms with van der Waals surface area (Å²) < 4.78 is 29.7. The van der Waals surface area contributed by atoms with Crippen LogP contribution in [-0.4, -0.2) is 55.0 Å². The fourth-order valence-electron chi connectivity index (χ4n) is 3.56. The minimum atomic E-state index is -3.75. The standard InChI is InChI=1S/C17H22N2O6S/c1-17(2)13(16(21)25-10-11-7-5-4-6-8-11)19-14(20)12(9-18-24-3)15(19)26(17,22)23/h4-8,12-13,15,18H,9-10H2,1-3H3/t12-,13-,15+/m0/s1. The number of carbonyl (C=O) groups excluding carboxylic acids is 2. The molecule has 1 aromatic carbocycles. The van der Waals surface area contributed by atoms with Crippen LogP contribution in [0.1, 0.15) is 19.4 Å². The first-order chi connectivity index (χ1) is 12.2. The number of hydrogen-bond donors (Lipinski definition) is 1. The van der Waals surface area contributed by atoms with E-state index >= 15 is 0 Å². The summed E-state index contributed by atoms with van der Waals surface area (Å²) in [6.07, 6.45) is 0. The van der Waals surface area contributed by atoms with Crippen LogP contribution < -0.4 is 5.48 Å². The van der Waals surface area contributed by atoms with Gasteiger partial charge in [-0.2, -0.15) is 0 Å². The smallest absolute Gasteiger partial charge is 0.330 e. The topological polar surface area (TPSA) is 102 Å². The monoisotopic (exact) mass is 382 g/mol. The number of esters is 1. The number of carbonyl (C=O) groups is 2. The van der Waals surface area contributed by atoms with Crippen molar-refractivity contribution in [3.63, 3.8) is 0 Å². The number of nitrogens with zero attached hydrogens (tertiary/aromatic N) is 1. The number of hydrogen-bond acceptors (Lipinski definition) is 7. The molecule has 0 bridgehead atoms. The third-order valence-corrected chi connectivity index (χ3v) is 7.95. The molecular formula is C17H22N2O6S. The lowest BCUT2D eigenvalue weighted by molar-refractivity contribution is -0.168. The van der Waals surface area contributed by atoms with Crippen molar-refractivity contribution in [2.75, 3.05) is 13.7 Å². The van der Waals surface area contributed by atoms with Gasteiger partial charge < -0.3 is 14.5 Å². The molecule has 0 aliphatic carbocycles. The van der Waals surface area contributed by atoms with Crippen molar-refractivity contribution in [3.05, 3.63) is 35.9 Å². The highest BCUT2D eigenvalue weighted by molar-refractivity contribution is 7.93. The molecule has 142 valence electrons. The zero-order chi connectivity index (χ0) is 19.1. The Balaban J connectivity index is 1.81. The van der Waals surface area contributed by atoms with Gasteiger partial charge in [-0.3, -0.25) is 4.79 Å². The number of fused-ring (bicyclic) bond motifs is 1. The first-order valence-electron chi connectivity index (χ1n) is 8.25. The SMILES string of the molecule is CONC[C@H]1C(=O)N2[C@@H](C(=O)OCc3ccccc3)C(C)(C)S(=O)(=O)[C@H]12. The minimum absolute atomic E-state index is 0.0215. The summed E-state index contributed by atoms with van der Waals surface area (Å²) in [6.45, 7) is 3.01. The normalized spacial score (nSPS) is 28.3. The molecule has 2 aliphatic heterocycles. The summed E-state index contributed by atoms with van der Waals surface area (Å²) in [6, 6.07) is 7.91. The first kappa shape index (κ1) is 18.8. The Hall–Kier alpha value is -1.97. The van der Waals surface area contributed by atoms with E-state index in [0.29, 0.717) is 0 Å². The summed E-state index contributed by atoms with van der Waals surface area (Å²) in [5.41, 5.74) is 3.31. The Kier molecular flexibility index (Phi) is 4.80. The van der Waals surface area contributed by atoms with Crippen LogP contribution in [0.4, 0.5) is 0 Å². The Morgan fingerprint density at radius 1 is 1.27 bits per heavy atom. The zero-order valence-electron chi connectivity index (χ0n) is 14.8. The van der Waals surface area contributed by atoms with E-state index in [2.05, 4.69) is 5.48 Å². The highest BCUT2D eigenvalue weighted by Gasteiger charge is 2.72. The highest BCUT2D eigenvalue weighted by Crippen LogP contribution is 2.48. The van der Waals surface area contributed by atoms with Gasteiger partial charge in [0.2, 0.25) is 5.91 Å². The van der Waals surface area contributed by atoms with Crippen molar-refractivity contribution in [1.82, 2.24) is 10.4 Å². The number of nitrogens with one attached hydrogen (secondary N) is 1. The van der Waals surface area contributed by atoms with Crippen molar-refractivity contribution in [2.45, 2.75) is 36.6 Å². The lowest BCUT2D eigenvalue weighted by Crippen LogP contribution is -2.65. The van der Waals surface area contributed by atoms with E-state index in [9.17, 15) is 18.0 Å². The number of ether oxygens (including phenoxy) is 1. The maximum atomic E-state index is 12.9. The molecule has 2 fully saturated rings. The Labute approximate surface area is 152 Å². The largest absolute Gasteiger partial charge is 0.459 e. The average Bonchev–Trinajstić information content (AvgIpc) is 2.75. The molecule has 2 saturated heterocycles.